The Hall–Kier alpha value is -1.07. The molecule has 1 fully saturated rings. The maximum atomic E-state index is 11.8. The number of aliphatic hydroxyl groups excluding tert-OH is 1. The van der Waals surface area contributed by atoms with E-state index in [1.807, 2.05) is 24.3 Å². The fraction of sp³-hybridized carbons (Fsp3) is 0.562. The second-order valence-corrected chi connectivity index (χ2v) is 6.35. The summed E-state index contributed by atoms with van der Waals surface area (Å²) in [4.78, 5) is 11.8. The Labute approximate surface area is 134 Å². The van der Waals surface area contributed by atoms with Crippen molar-refractivity contribution >= 4 is 21.8 Å². The van der Waals surface area contributed by atoms with Crippen molar-refractivity contribution in [2.24, 2.45) is 0 Å². The molecule has 1 saturated carbocycles. The SMILES string of the molecule is O=C(CCCOc1ccc(Br)cc1)NC1CCCCC1O. The summed E-state index contributed by atoms with van der Waals surface area (Å²) in [6.45, 7) is 0.516. The minimum atomic E-state index is -0.387. The quantitative estimate of drug-likeness (QED) is 0.771. The number of rotatable bonds is 6. The van der Waals surface area contributed by atoms with Crippen LogP contribution in [0.5, 0.6) is 5.75 Å². The van der Waals surface area contributed by atoms with Crippen LogP contribution in [0.3, 0.4) is 0 Å². The highest BCUT2D eigenvalue weighted by molar-refractivity contribution is 9.10. The van der Waals surface area contributed by atoms with Crippen molar-refractivity contribution in [1.82, 2.24) is 5.32 Å². The Morgan fingerprint density at radius 1 is 1.29 bits per heavy atom. The molecule has 5 heteroatoms. The van der Waals surface area contributed by atoms with Gasteiger partial charge in [-0.3, -0.25) is 4.79 Å². The second-order valence-electron chi connectivity index (χ2n) is 5.43. The van der Waals surface area contributed by atoms with E-state index in [9.17, 15) is 9.90 Å². The molecule has 0 spiro atoms. The van der Waals surface area contributed by atoms with Gasteiger partial charge in [-0.15, -0.1) is 0 Å². The van der Waals surface area contributed by atoms with Crippen LogP contribution in [0.15, 0.2) is 28.7 Å². The monoisotopic (exact) mass is 355 g/mol. The predicted octanol–water partition coefficient (Wildman–Crippen LogP) is 3.03. The van der Waals surface area contributed by atoms with E-state index in [1.54, 1.807) is 0 Å². The molecule has 1 aliphatic rings. The van der Waals surface area contributed by atoms with Crippen molar-refractivity contribution in [2.45, 2.75) is 50.7 Å². The van der Waals surface area contributed by atoms with E-state index in [0.717, 1.165) is 35.9 Å². The van der Waals surface area contributed by atoms with Gasteiger partial charge in [-0.05, 0) is 43.5 Å². The summed E-state index contributed by atoms with van der Waals surface area (Å²) in [5, 5.41) is 12.7. The maximum Gasteiger partial charge on any atom is 0.220 e. The molecule has 1 aromatic rings. The highest BCUT2D eigenvalue weighted by Crippen LogP contribution is 2.19. The van der Waals surface area contributed by atoms with Crippen LogP contribution in [-0.2, 0) is 4.79 Å². The molecule has 2 atom stereocenters. The number of hydrogen-bond acceptors (Lipinski definition) is 3. The lowest BCUT2D eigenvalue weighted by Gasteiger charge is -2.28. The van der Waals surface area contributed by atoms with Gasteiger partial charge in [-0.1, -0.05) is 28.8 Å². The molecule has 21 heavy (non-hydrogen) atoms. The van der Waals surface area contributed by atoms with Crippen molar-refractivity contribution in [3.63, 3.8) is 0 Å². The number of amides is 1. The third-order valence-electron chi connectivity index (χ3n) is 3.71. The van der Waals surface area contributed by atoms with Crippen LogP contribution in [0, 0.1) is 0 Å². The van der Waals surface area contributed by atoms with Gasteiger partial charge in [-0.2, -0.15) is 0 Å². The lowest BCUT2D eigenvalue weighted by Crippen LogP contribution is -2.45. The minimum Gasteiger partial charge on any atom is -0.494 e. The fourth-order valence-electron chi connectivity index (χ4n) is 2.51. The van der Waals surface area contributed by atoms with Gasteiger partial charge in [0.2, 0.25) is 5.91 Å². The zero-order valence-corrected chi connectivity index (χ0v) is 13.6. The Morgan fingerprint density at radius 3 is 2.71 bits per heavy atom. The number of carbonyl (C=O) groups is 1. The van der Waals surface area contributed by atoms with Crippen LogP contribution in [0.1, 0.15) is 38.5 Å². The molecule has 0 radical (unpaired) electrons. The highest BCUT2D eigenvalue weighted by atomic mass is 79.9. The summed E-state index contributed by atoms with van der Waals surface area (Å²) in [6, 6.07) is 7.56. The van der Waals surface area contributed by atoms with Gasteiger partial charge >= 0.3 is 0 Å². The molecule has 0 aliphatic heterocycles. The third kappa shape index (κ3) is 5.67. The van der Waals surface area contributed by atoms with Gasteiger partial charge < -0.3 is 15.2 Å². The number of carbonyl (C=O) groups excluding carboxylic acids is 1. The van der Waals surface area contributed by atoms with Crippen molar-refractivity contribution in [1.29, 1.82) is 0 Å². The van der Waals surface area contributed by atoms with Gasteiger partial charge in [-0.25, -0.2) is 0 Å². The van der Waals surface area contributed by atoms with E-state index in [1.165, 1.54) is 0 Å². The standard InChI is InChI=1S/C16H22BrNO3/c17-12-7-9-13(10-8-12)21-11-3-6-16(20)18-14-4-1-2-5-15(14)19/h7-10,14-15,19H,1-6,11H2,(H,18,20). The van der Waals surface area contributed by atoms with Crippen LogP contribution >= 0.6 is 15.9 Å². The van der Waals surface area contributed by atoms with Gasteiger partial charge in [0.05, 0.1) is 18.8 Å². The smallest absolute Gasteiger partial charge is 0.220 e. The molecule has 1 aromatic carbocycles. The summed E-state index contributed by atoms with van der Waals surface area (Å²) in [5.74, 6) is 0.807. The number of halogens is 1. The Morgan fingerprint density at radius 2 is 2.00 bits per heavy atom. The van der Waals surface area contributed by atoms with Crippen LogP contribution in [0.25, 0.3) is 0 Å². The molecule has 4 nitrogen and oxygen atoms in total. The maximum absolute atomic E-state index is 11.8. The molecule has 2 N–H and O–H groups in total. The van der Waals surface area contributed by atoms with Crippen LogP contribution in [-0.4, -0.2) is 29.8 Å². The molecule has 1 amide bonds. The zero-order valence-electron chi connectivity index (χ0n) is 12.1. The molecular formula is C16H22BrNO3. The number of ether oxygens (including phenoxy) is 1. The molecule has 1 aliphatic carbocycles. The molecule has 0 saturated heterocycles. The Bertz CT molecular complexity index is 449. The molecule has 2 rings (SSSR count). The average molecular weight is 356 g/mol. The summed E-state index contributed by atoms with van der Waals surface area (Å²) in [6.07, 6.45) is 4.51. The normalized spacial score (nSPS) is 21.8. The van der Waals surface area contributed by atoms with Crippen LogP contribution in [0.4, 0.5) is 0 Å². The Balaban J connectivity index is 1.61. The van der Waals surface area contributed by atoms with E-state index in [-0.39, 0.29) is 18.1 Å². The molecule has 116 valence electrons. The molecule has 2 unspecified atom stereocenters. The second kappa shape index (κ2) is 8.39. The lowest BCUT2D eigenvalue weighted by atomic mass is 9.92. The molecule has 0 bridgehead atoms. The topological polar surface area (TPSA) is 58.6 Å². The van der Waals surface area contributed by atoms with E-state index in [4.69, 9.17) is 4.74 Å². The lowest BCUT2D eigenvalue weighted by molar-refractivity contribution is -0.123. The first kappa shape index (κ1) is 16.3. The van der Waals surface area contributed by atoms with E-state index in [2.05, 4.69) is 21.2 Å². The number of benzene rings is 1. The van der Waals surface area contributed by atoms with Crippen molar-refractivity contribution in [3.8, 4) is 5.75 Å². The zero-order chi connectivity index (χ0) is 15.1. The van der Waals surface area contributed by atoms with E-state index < -0.39 is 0 Å². The van der Waals surface area contributed by atoms with Gasteiger partial charge in [0.15, 0.2) is 0 Å². The van der Waals surface area contributed by atoms with Crippen LogP contribution < -0.4 is 10.1 Å². The minimum absolute atomic E-state index is 0.000330. The summed E-state index contributed by atoms with van der Waals surface area (Å²) in [7, 11) is 0. The largest absolute Gasteiger partial charge is 0.494 e. The summed E-state index contributed by atoms with van der Waals surface area (Å²) < 4.78 is 6.59. The van der Waals surface area contributed by atoms with Crippen LogP contribution in [0.2, 0.25) is 0 Å². The number of nitrogens with one attached hydrogen (secondary N) is 1. The summed E-state index contributed by atoms with van der Waals surface area (Å²) in [5.41, 5.74) is 0. The molecule has 0 heterocycles. The van der Waals surface area contributed by atoms with E-state index in [0.29, 0.717) is 19.4 Å². The van der Waals surface area contributed by atoms with Crippen molar-refractivity contribution in [3.05, 3.63) is 28.7 Å². The first-order chi connectivity index (χ1) is 10.1. The van der Waals surface area contributed by atoms with Gasteiger partial charge in [0.1, 0.15) is 5.75 Å². The third-order valence-corrected chi connectivity index (χ3v) is 4.24. The molecule has 0 aromatic heterocycles. The van der Waals surface area contributed by atoms with Gasteiger partial charge in [0.25, 0.3) is 0 Å². The number of hydrogen-bond donors (Lipinski definition) is 2. The molecular weight excluding hydrogens is 334 g/mol. The van der Waals surface area contributed by atoms with Gasteiger partial charge in [0, 0.05) is 10.9 Å². The first-order valence-corrected chi connectivity index (χ1v) is 8.30. The fourth-order valence-corrected chi connectivity index (χ4v) is 2.78. The Kier molecular flexibility index (Phi) is 6.51. The number of aliphatic hydroxyl groups is 1. The first-order valence-electron chi connectivity index (χ1n) is 7.51. The predicted molar refractivity (Wildman–Crippen MR) is 85.3 cm³/mol. The van der Waals surface area contributed by atoms with Crippen molar-refractivity contribution < 1.29 is 14.6 Å². The summed E-state index contributed by atoms with van der Waals surface area (Å²) >= 11 is 3.37. The highest BCUT2D eigenvalue weighted by Gasteiger charge is 2.24. The average Bonchev–Trinajstić information content (AvgIpc) is 2.48. The van der Waals surface area contributed by atoms with Crippen molar-refractivity contribution in [2.75, 3.05) is 6.61 Å². The van der Waals surface area contributed by atoms with E-state index >= 15 is 0 Å².